The van der Waals surface area contributed by atoms with Crippen LogP contribution in [0.3, 0.4) is 0 Å². The summed E-state index contributed by atoms with van der Waals surface area (Å²) in [5, 5.41) is 5.63. The molecule has 0 spiro atoms. The molecule has 5 heteroatoms. The topological polar surface area (TPSA) is 15.6 Å². The molecule has 0 N–H and O–H groups in total. The van der Waals surface area contributed by atoms with E-state index in [4.69, 9.17) is 0 Å². The van der Waals surface area contributed by atoms with Crippen molar-refractivity contribution < 1.29 is 13.2 Å². The fraction of sp³-hybridized carbons (Fsp3) is 0.364. The van der Waals surface area contributed by atoms with Gasteiger partial charge in [0.15, 0.2) is 0 Å². The van der Waals surface area contributed by atoms with Crippen LogP contribution >= 0.6 is 0 Å². The molecule has 1 aromatic carbocycles. The number of hydrazone groups is 1. The van der Waals surface area contributed by atoms with E-state index in [1.54, 1.807) is 17.3 Å². The van der Waals surface area contributed by atoms with E-state index in [1.807, 2.05) is 6.92 Å². The van der Waals surface area contributed by atoms with Gasteiger partial charge >= 0.3 is 6.18 Å². The molecule has 1 heterocycles. The molecule has 1 aliphatic heterocycles. The van der Waals surface area contributed by atoms with Crippen LogP contribution in [0.25, 0.3) is 0 Å². The van der Waals surface area contributed by atoms with Crippen LogP contribution in [0.15, 0.2) is 29.4 Å². The molecule has 0 aromatic heterocycles. The Labute approximate surface area is 91.4 Å². The molecule has 0 fully saturated rings. The molecule has 1 aromatic rings. The third-order valence-electron chi connectivity index (χ3n) is 2.39. The second-order valence-electron chi connectivity index (χ2n) is 3.87. The summed E-state index contributed by atoms with van der Waals surface area (Å²) < 4.78 is 37.4. The van der Waals surface area contributed by atoms with Gasteiger partial charge in [0, 0.05) is 18.7 Å². The molecule has 1 aliphatic rings. The highest BCUT2D eigenvalue weighted by atomic mass is 19.4. The van der Waals surface area contributed by atoms with E-state index in [0.29, 0.717) is 12.2 Å². The maximum absolute atomic E-state index is 12.5. The third-order valence-corrected chi connectivity index (χ3v) is 2.39. The van der Waals surface area contributed by atoms with E-state index in [0.717, 1.165) is 12.1 Å². The first-order valence-corrected chi connectivity index (χ1v) is 4.96. The SMILES string of the molecule is CC1C=NN(c2cccc(C(F)(F)F)c2)C1. The molecule has 1 unspecified atom stereocenters. The van der Waals surface area contributed by atoms with Crippen LogP contribution in [-0.2, 0) is 6.18 Å². The number of benzene rings is 1. The maximum Gasteiger partial charge on any atom is 0.416 e. The van der Waals surface area contributed by atoms with Gasteiger partial charge in [-0.15, -0.1) is 0 Å². The Hall–Kier alpha value is -1.52. The van der Waals surface area contributed by atoms with Gasteiger partial charge in [-0.3, -0.25) is 5.01 Å². The van der Waals surface area contributed by atoms with Crippen molar-refractivity contribution in [3.63, 3.8) is 0 Å². The van der Waals surface area contributed by atoms with Gasteiger partial charge in [-0.05, 0) is 18.2 Å². The number of rotatable bonds is 1. The highest BCUT2D eigenvalue weighted by Gasteiger charge is 2.31. The second kappa shape index (κ2) is 3.81. The van der Waals surface area contributed by atoms with Crippen molar-refractivity contribution >= 4 is 11.9 Å². The zero-order chi connectivity index (χ0) is 11.8. The molecule has 0 amide bonds. The van der Waals surface area contributed by atoms with Gasteiger partial charge < -0.3 is 0 Å². The van der Waals surface area contributed by atoms with Crippen LogP contribution in [0.1, 0.15) is 12.5 Å². The molecule has 16 heavy (non-hydrogen) atoms. The third kappa shape index (κ3) is 2.18. The van der Waals surface area contributed by atoms with Crippen molar-refractivity contribution in [1.82, 2.24) is 0 Å². The monoisotopic (exact) mass is 228 g/mol. The van der Waals surface area contributed by atoms with Crippen molar-refractivity contribution in [3.05, 3.63) is 29.8 Å². The predicted octanol–water partition coefficient (Wildman–Crippen LogP) is 3.15. The van der Waals surface area contributed by atoms with Crippen LogP contribution in [0.5, 0.6) is 0 Å². The number of hydrogen-bond acceptors (Lipinski definition) is 2. The average Bonchev–Trinajstić information content (AvgIpc) is 2.64. The zero-order valence-electron chi connectivity index (χ0n) is 8.70. The second-order valence-corrected chi connectivity index (χ2v) is 3.87. The molecule has 1 atom stereocenters. The van der Waals surface area contributed by atoms with Crippen molar-refractivity contribution in [1.29, 1.82) is 0 Å². The summed E-state index contributed by atoms with van der Waals surface area (Å²) in [6, 6.07) is 5.21. The van der Waals surface area contributed by atoms with E-state index in [2.05, 4.69) is 5.10 Å². The first-order valence-electron chi connectivity index (χ1n) is 4.96. The summed E-state index contributed by atoms with van der Waals surface area (Å²) in [5.74, 6) is 0.273. The molecule has 86 valence electrons. The van der Waals surface area contributed by atoms with E-state index >= 15 is 0 Å². The lowest BCUT2D eigenvalue weighted by atomic mass is 10.1. The summed E-state index contributed by atoms with van der Waals surface area (Å²) in [4.78, 5) is 0. The Balaban J connectivity index is 2.27. The summed E-state index contributed by atoms with van der Waals surface area (Å²) >= 11 is 0. The maximum atomic E-state index is 12.5. The van der Waals surface area contributed by atoms with Gasteiger partial charge in [0.25, 0.3) is 0 Å². The van der Waals surface area contributed by atoms with Crippen LogP contribution in [0, 0.1) is 5.92 Å². The molecule has 0 aliphatic carbocycles. The Morgan fingerprint density at radius 3 is 2.69 bits per heavy atom. The number of anilines is 1. The number of hydrogen-bond donors (Lipinski definition) is 0. The largest absolute Gasteiger partial charge is 0.416 e. The molecule has 0 saturated carbocycles. The molecule has 2 nitrogen and oxygen atoms in total. The van der Waals surface area contributed by atoms with Crippen LogP contribution < -0.4 is 5.01 Å². The van der Waals surface area contributed by atoms with E-state index in [-0.39, 0.29) is 5.92 Å². The van der Waals surface area contributed by atoms with E-state index < -0.39 is 11.7 Å². The first kappa shape index (κ1) is 11.0. The average molecular weight is 228 g/mol. The van der Waals surface area contributed by atoms with Crippen molar-refractivity contribution in [2.75, 3.05) is 11.6 Å². The number of halogens is 3. The molecule has 0 radical (unpaired) electrons. The lowest BCUT2D eigenvalue weighted by Gasteiger charge is -2.16. The van der Waals surface area contributed by atoms with E-state index in [1.165, 1.54) is 6.07 Å². The molecular weight excluding hydrogens is 217 g/mol. The summed E-state index contributed by atoms with van der Waals surface area (Å²) in [6.45, 7) is 2.60. The van der Waals surface area contributed by atoms with Gasteiger partial charge in [0.05, 0.1) is 11.3 Å². The minimum atomic E-state index is -4.30. The Bertz CT molecular complexity index is 412. The van der Waals surface area contributed by atoms with Crippen molar-refractivity contribution in [2.45, 2.75) is 13.1 Å². The minimum absolute atomic E-state index is 0.273. The van der Waals surface area contributed by atoms with Crippen molar-refractivity contribution in [3.8, 4) is 0 Å². The molecule has 0 bridgehead atoms. The lowest BCUT2D eigenvalue weighted by Crippen LogP contribution is -2.16. The normalized spacial score (nSPS) is 20.5. The molecule has 0 saturated heterocycles. The minimum Gasteiger partial charge on any atom is -0.265 e. The standard InChI is InChI=1S/C11H11F3N2/c1-8-6-15-16(7-8)10-4-2-3-9(5-10)11(12,13)14/h2-6,8H,7H2,1H3. The Morgan fingerprint density at radius 2 is 2.12 bits per heavy atom. The molecule has 2 rings (SSSR count). The van der Waals surface area contributed by atoms with E-state index in [9.17, 15) is 13.2 Å². The zero-order valence-corrected chi connectivity index (χ0v) is 8.70. The van der Waals surface area contributed by atoms with Gasteiger partial charge in [-0.1, -0.05) is 13.0 Å². The van der Waals surface area contributed by atoms with Crippen LogP contribution in [0.4, 0.5) is 18.9 Å². The smallest absolute Gasteiger partial charge is 0.265 e. The van der Waals surface area contributed by atoms with Gasteiger partial charge in [-0.25, -0.2) is 0 Å². The summed E-state index contributed by atoms with van der Waals surface area (Å²) in [5.41, 5.74) is -0.157. The fourth-order valence-corrected chi connectivity index (χ4v) is 1.58. The number of nitrogens with zero attached hydrogens (tertiary/aromatic N) is 2. The quantitative estimate of drug-likeness (QED) is 0.721. The Kier molecular flexibility index (Phi) is 2.61. The first-order chi connectivity index (χ1) is 7.47. The van der Waals surface area contributed by atoms with Gasteiger partial charge in [-0.2, -0.15) is 18.3 Å². The molecular formula is C11H11F3N2. The predicted molar refractivity (Wildman–Crippen MR) is 56.4 cm³/mol. The van der Waals surface area contributed by atoms with Gasteiger partial charge in [0.1, 0.15) is 0 Å². The fourth-order valence-electron chi connectivity index (χ4n) is 1.58. The highest BCUT2D eigenvalue weighted by molar-refractivity contribution is 5.67. The lowest BCUT2D eigenvalue weighted by molar-refractivity contribution is -0.137. The summed E-state index contributed by atoms with van der Waals surface area (Å²) in [7, 11) is 0. The highest BCUT2D eigenvalue weighted by Crippen LogP contribution is 2.32. The summed E-state index contributed by atoms with van der Waals surface area (Å²) in [6.07, 6.45) is -2.56. The van der Waals surface area contributed by atoms with Crippen molar-refractivity contribution in [2.24, 2.45) is 11.0 Å². The Morgan fingerprint density at radius 1 is 1.38 bits per heavy atom. The van der Waals surface area contributed by atoms with Gasteiger partial charge in [0.2, 0.25) is 0 Å². The number of alkyl halides is 3. The van der Waals surface area contributed by atoms with Crippen LogP contribution in [0.2, 0.25) is 0 Å². The van der Waals surface area contributed by atoms with Crippen LogP contribution in [-0.4, -0.2) is 12.8 Å².